The minimum Gasteiger partial charge on any atom is -0.469 e. The number of fused-ring (bicyclic) bond motifs is 1. The molecule has 0 fully saturated rings. The number of carbonyl (C=O) groups is 1. The molecule has 2 rings (SSSR count). The van der Waals surface area contributed by atoms with E-state index in [2.05, 4.69) is 0 Å². The van der Waals surface area contributed by atoms with Gasteiger partial charge in [-0.05, 0) is 42.5 Å². The first-order valence-corrected chi connectivity index (χ1v) is 7.12. The minimum atomic E-state index is -1.23. The zero-order chi connectivity index (χ0) is 14.8. The summed E-state index contributed by atoms with van der Waals surface area (Å²) in [7, 11) is 1.34. The minimum absolute atomic E-state index is 0.309. The third kappa shape index (κ3) is 2.57. The third-order valence-corrected chi connectivity index (χ3v) is 4.22. The Labute approximate surface area is 118 Å². The Morgan fingerprint density at radius 2 is 2.30 bits per heavy atom. The molecule has 1 N–H and O–H groups in total. The molecule has 0 heterocycles. The Hall–Kier alpha value is -1.42. The van der Waals surface area contributed by atoms with Crippen LogP contribution in [0.3, 0.4) is 0 Å². The van der Waals surface area contributed by atoms with Gasteiger partial charge in [0.15, 0.2) is 0 Å². The number of hydrogen-bond acceptors (Lipinski definition) is 3. The fourth-order valence-corrected chi connectivity index (χ4v) is 3.12. The molecule has 0 radical (unpaired) electrons. The van der Waals surface area contributed by atoms with E-state index in [0.717, 1.165) is 18.4 Å². The summed E-state index contributed by atoms with van der Waals surface area (Å²) in [6, 6.07) is 4.38. The van der Waals surface area contributed by atoms with Crippen molar-refractivity contribution in [2.45, 2.75) is 44.6 Å². The molecule has 0 spiro atoms. The van der Waals surface area contributed by atoms with E-state index in [0.29, 0.717) is 24.8 Å². The van der Waals surface area contributed by atoms with E-state index >= 15 is 0 Å². The van der Waals surface area contributed by atoms with Crippen LogP contribution in [0.25, 0.3) is 0 Å². The first kappa shape index (κ1) is 15.0. The molecular formula is C16H21FO3. The van der Waals surface area contributed by atoms with E-state index in [9.17, 15) is 14.3 Å². The van der Waals surface area contributed by atoms with Crippen LogP contribution in [0.1, 0.15) is 43.7 Å². The fourth-order valence-electron chi connectivity index (χ4n) is 3.12. The van der Waals surface area contributed by atoms with Crippen LogP contribution in [-0.4, -0.2) is 18.2 Å². The second-order valence-electron chi connectivity index (χ2n) is 5.44. The summed E-state index contributed by atoms with van der Waals surface area (Å²) in [5.74, 6) is -1.28. The van der Waals surface area contributed by atoms with Crippen LogP contribution in [-0.2, 0) is 21.6 Å². The predicted octanol–water partition coefficient (Wildman–Crippen LogP) is 2.94. The molecule has 0 bridgehead atoms. The van der Waals surface area contributed by atoms with Gasteiger partial charge in [0.2, 0.25) is 0 Å². The van der Waals surface area contributed by atoms with Crippen LogP contribution < -0.4 is 0 Å². The Balaban J connectivity index is 2.36. The highest BCUT2D eigenvalue weighted by atomic mass is 19.1. The van der Waals surface area contributed by atoms with Crippen molar-refractivity contribution in [2.75, 3.05) is 7.11 Å². The van der Waals surface area contributed by atoms with Crippen molar-refractivity contribution in [3.63, 3.8) is 0 Å². The van der Waals surface area contributed by atoms with Gasteiger partial charge in [-0.3, -0.25) is 4.79 Å². The molecule has 0 aliphatic heterocycles. The lowest BCUT2D eigenvalue weighted by Crippen LogP contribution is -2.38. The molecule has 0 amide bonds. The summed E-state index contributed by atoms with van der Waals surface area (Å²) in [5.41, 5.74) is 0.231. The van der Waals surface area contributed by atoms with E-state index < -0.39 is 17.5 Å². The van der Waals surface area contributed by atoms with Gasteiger partial charge >= 0.3 is 5.97 Å². The van der Waals surface area contributed by atoms with E-state index in [-0.39, 0.29) is 5.82 Å². The Morgan fingerprint density at radius 3 is 2.95 bits per heavy atom. The molecule has 1 aliphatic rings. The number of rotatable bonds is 5. The number of halogens is 1. The zero-order valence-electron chi connectivity index (χ0n) is 12.0. The summed E-state index contributed by atoms with van der Waals surface area (Å²) >= 11 is 0. The Morgan fingerprint density at radius 1 is 1.55 bits per heavy atom. The zero-order valence-corrected chi connectivity index (χ0v) is 12.0. The highest BCUT2D eigenvalue weighted by Gasteiger charge is 2.47. The van der Waals surface area contributed by atoms with Crippen molar-refractivity contribution >= 4 is 5.97 Å². The molecule has 20 heavy (non-hydrogen) atoms. The van der Waals surface area contributed by atoms with E-state index in [1.165, 1.54) is 19.2 Å². The van der Waals surface area contributed by atoms with Crippen molar-refractivity contribution in [2.24, 2.45) is 5.92 Å². The van der Waals surface area contributed by atoms with Crippen molar-refractivity contribution < 1.29 is 19.0 Å². The lowest BCUT2D eigenvalue weighted by atomic mass is 9.79. The SMILES string of the molecule is CCCCC(C(=O)OC)C1(O)CCc2cc(F)ccc21. The van der Waals surface area contributed by atoms with Crippen LogP contribution in [0.15, 0.2) is 18.2 Å². The maximum atomic E-state index is 13.3. The Kier molecular flexibility index (Phi) is 4.43. The molecule has 1 aliphatic carbocycles. The smallest absolute Gasteiger partial charge is 0.311 e. The number of hydrogen-bond donors (Lipinski definition) is 1. The standard InChI is InChI=1S/C16H21FO3/c1-3-4-5-14(15(18)20-2)16(19)9-8-11-10-12(17)6-7-13(11)16/h6-7,10,14,19H,3-5,8-9H2,1-2H3. The van der Waals surface area contributed by atoms with Crippen molar-refractivity contribution in [3.05, 3.63) is 35.1 Å². The molecule has 0 saturated heterocycles. The number of ether oxygens (including phenoxy) is 1. The quantitative estimate of drug-likeness (QED) is 0.844. The van der Waals surface area contributed by atoms with E-state index in [4.69, 9.17) is 4.74 Å². The molecule has 1 aromatic carbocycles. The summed E-state index contributed by atoms with van der Waals surface area (Å²) in [6.07, 6.45) is 3.40. The maximum absolute atomic E-state index is 13.3. The normalized spacial score (nSPS) is 22.4. The molecule has 3 nitrogen and oxygen atoms in total. The van der Waals surface area contributed by atoms with Gasteiger partial charge in [-0.1, -0.05) is 25.8 Å². The monoisotopic (exact) mass is 280 g/mol. The summed E-state index contributed by atoms with van der Waals surface area (Å²) in [6.45, 7) is 2.04. The molecule has 0 aromatic heterocycles. The van der Waals surface area contributed by atoms with Gasteiger partial charge in [-0.25, -0.2) is 4.39 Å². The molecule has 110 valence electrons. The van der Waals surface area contributed by atoms with Crippen LogP contribution in [0, 0.1) is 11.7 Å². The van der Waals surface area contributed by atoms with Gasteiger partial charge in [0.05, 0.1) is 13.0 Å². The summed E-state index contributed by atoms with van der Waals surface area (Å²) in [4.78, 5) is 12.0. The number of carbonyl (C=O) groups excluding carboxylic acids is 1. The molecule has 2 atom stereocenters. The molecule has 1 aromatic rings. The van der Waals surface area contributed by atoms with Crippen LogP contribution in [0.2, 0.25) is 0 Å². The first-order valence-electron chi connectivity index (χ1n) is 7.12. The van der Waals surface area contributed by atoms with Crippen molar-refractivity contribution in [3.8, 4) is 0 Å². The maximum Gasteiger partial charge on any atom is 0.311 e. The highest BCUT2D eigenvalue weighted by molar-refractivity contribution is 5.74. The number of unbranched alkanes of at least 4 members (excludes halogenated alkanes) is 1. The lowest BCUT2D eigenvalue weighted by molar-refractivity contribution is -0.157. The first-order chi connectivity index (χ1) is 9.52. The van der Waals surface area contributed by atoms with Crippen LogP contribution in [0.4, 0.5) is 4.39 Å². The average molecular weight is 280 g/mol. The average Bonchev–Trinajstić information content (AvgIpc) is 2.76. The largest absolute Gasteiger partial charge is 0.469 e. The summed E-state index contributed by atoms with van der Waals surface area (Å²) < 4.78 is 18.1. The van der Waals surface area contributed by atoms with Gasteiger partial charge in [-0.2, -0.15) is 0 Å². The second kappa shape index (κ2) is 5.92. The van der Waals surface area contributed by atoms with Crippen LogP contribution >= 0.6 is 0 Å². The van der Waals surface area contributed by atoms with Crippen LogP contribution in [0.5, 0.6) is 0 Å². The highest BCUT2D eigenvalue weighted by Crippen LogP contribution is 2.44. The Bertz CT molecular complexity index is 500. The number of methoxy groups -OCH3 is 1. The van der Waals surface area contributed by atoms with Crippen molar-refractivity contribution in [1.82, 2.24) is 0 Å². The van der Waals surface area contributed by atoms with Gasteiger partial charge < -0.3 is 9.84 Å². The summed E-state index contributed by atoms with van der Waals surface area (Å²) in [5, 5.41) is 11.0. The van der Waals surface area contributed by atoms with Gasteiger partial charge in [0, 0.05) is 0 Å². The lowest BCUT2D eigenvalue weighted by Gasteiger charge is -2.32. The van der Waals surface area contributed by atoms with E-state index in [1.807, 2.05) is 6.92 Å². The van der Waals surface area contributed by atoms with E-state index in [1.54, 1.807) is 6.07 Å². The molecular weight excluding hydrogens is 259 g/mol. The number of aliphatic hydroxyl groups is 1. The number of esters is 1. The van der Waals surface area contributed by atoms with Gasteiger partial charge in [-0.15, -0.1) is 0 Å². The molecule has 2 unspecified atom stereocenters. The second-order valence-corrected chi connectivity index (χ2v) is 5.44. The molecule has 0 saturated carbocycles. The molecule has 4 heteroatoms. The number of benzene rings is 1. The van der Waals surface area contributed by atoms with Gasteiger partial charge in [0.25, 0.3) is 0 Å². The predicted molar refractivity (Wildman–Crippen MR) is 73.6 cm³/mol. The topological polar surface area (TPSA) is 46.5 Å². The third-order valence-electron chi connectivity index (χ3n) is 4.22. The number of aryl methyl sites for hydroxylation is 1. The van der Waals surface area contributed by atoms with Gasteiger partial charge in [0.1, 0.15) is 11.4 Å². The fraction of sp³-hybridized carbons (Fsp3) is 0.562. The van der Waals surface area contributed by atoms with Crippen molar-refractivity contribution in [1.29, 1.82) is 0 Å².